The maximum Gasteiger partial charge on any atom is 0.0673 e. The fourth-order valence-corrected chi connectivity index (χ4v) is 1.76. The van der Waals surface area contributed by atoms with E-state index in [1.165, 1.54) is 5.56 Å². The predicted octanol–water partition coefficient (Wildman–Crippen LogP) is 4.71. The zero-order valence-electron chi connectivity index (χ0n) is 9.94. The Hall–Kier alpha value is -1.60. The van der Waals surface area contributed by atoms with E-state index in [0.717, 1.165) is 16.8 Å². The van der Waals surface area contributed by atoms with E-state index in [1.807, 2.05) is 43.5 Å². The molecule has 0 aromatic heterocycles. The molecule has 2 heteroatoms. The minimum atomic E-state index is 0.715. The second-order valence-corrected chi connectivity index (χ2v) is 4.48. The third-order valence-electron chi connectivity index (χ3n) is 2.70. The largest absolute Gasteiger partial charge is 0.256 e. The molecular weight excluding hydrogens is 230 g/mol. The first-order valence-electron chi connectivity index (χ1n) is 5.52. The van der Waals surface area contributed by atoms with Gasteiger partial charge >= 0.3 is 0 Å². The molecule has 2 aromatic rings. The van der Waals surface area contributed by atoms with E-state index in [4.69, 9.17) is 11.6 Å². The topological polar surface area (TPSA) is 12.4 Å². The number of rotatable bonds is 2. The third-order valence-corrected chi connectivity index (χ3v) is 2.94. The molecule has 2 aromatic carbocycles. The molecule has 2 rings (SSSR count). The Labute approximate surface area is 107 Å². The van der Waals surface area contributed by atoms with E-state index in [1.54, 1.807) is 0 Å². The Bertz CT molecular complexity index is 559. The van der Waals surface area contributed by atoms with Crippen molar-refractivity contribution in [3.63, 3.8) is 0 Å². The van der Waals surface area contributed by atoms with Crippen molar-refractivity contribution in [2.24, 2.45) is 4.99 Å². The first-order valence-corrected chi connectivity index (χ1v) is 5.90. The van der Waals surface area contributed by atoms with Gasteiger partial charge in [0.15, 0.2) is 0 Å². The predicted molar refractivity (Wildman–Crippen MR) is 74.6 cm³/mol. The molecule has 86 valence electrons. The van der Waals surface area contributed by atoms with Crippen LogP contribution in [0, 0.1) is 13.8 Å². The van der Waals surface area contributed by atoms with E-state index in [0.29, 0.717) is 5.02 Å². The SMILES string of the molecule is Cc1ccccc1C=Nc1cc(Cl)ccc1C. The molecule has 0 spiro atoms. The lowest BCUT2D eigenvalue weighted by atomic mass is 10.1. The number of aliphatic imine (C=N–C) groups is 1. The molecule has 0 unspecified atom stereocenters. The van der Waals surface area contributed by atoms with E-state index in [9.17, 15) is 0 Å². The van der Waals surface area contributed by atoms with Crippen LogP contribution in [0.1, 0.15) is 16.7 Å². The average molecular weight is 244 g/mol. The van der Waals surface area contributed by atoms with Gasteiger partial charge in [0.1, 0.15) is 0 Å². The molecular formula is C15H14ClN. The molecule has 0 saturated heterocycles. The Kier molecular flexibility index (Phi) is 3.60. The number of hydrogen-bond acceptors (Lipinski definition) is 1. The molecule has 0 N–H and O–H groups in total. The molecule has 0 fully saturated rings. The molecule has 0 radical (unpaired) electrons. The number of hydrogen-bond donors (Lipinski definition) is 0. The van der Waals surface area contributed by atoms with E-state index < -0.39 is 0 Å². The Balaban J connectivity index is 2.32. The summed E-state index contributed by atoms with van der Waals surface area (Å²) in [5.41, 5.74) is 4.39. The molecule has 1 nitrogen and oxygen atoms in total. The molecule has 17 heavy (non-hydrogen) atoms. The number of nitrogens with zero attached hydrogens (tertiary/aromatic N) is 1. The highest BCUT2D eigenvalue weighted by molar-refractivity contribution is 6.30. The van der Waals surface area contributed by atoms with Gasteiger partial charge in [-0.05, 0) is 42.7 Å². The fourth-order valence-electron chi connectivity index (χ4n) is 1.59. The second-order valence-electron chi connectivity index (χ2n) is 4.05. The third kappa shape index (κ3) is 2.95. The Morgan fingerprint density at radius 3 is 2.53 bits per heavy atom. The smallest absolute Gasteiger partial charge is 0.0673 e. The molecule has 0 heterocycles. The van der Waals surface area contributed by atoms with Gasteiger partial charge < -0.3 is 0 Å². The number of halogens is 1. The van der Waals surface area contributed by atoms with Crippen molar-refractivity contribution in [1.29, 1.82) is 0 Å². The first-order chi connectivity index (χ1) is 8.16. The molecule has 0 aliphatic rings. The average Bonchev–Trinajstić information content (AvgIpc) is 2.32. The fraction of sp³-hybridized carbons (Fsp3) is 0.133. The van der Waals surface area contributed by atoms with Crippen molar-refractivity contribution in [2.45, 2.75) is 13.8 Å². The molecule has 0 atom stereocenters. The highest BCUT2D eigenvalue weighted by Gasteiger charge is 1.97. The van der Waals surface area contributed by atoms with Gasteiger partial charge in [-0.3, -0.25) is 4.99 Å². The molecule has 0 aliphatic heterocycles. The van der Waals surface area contributed by atoms with Crippen LogP contribution < -0.4 is 0 Å². The van der Waals surface area contributed by atoms with Crippen molar-refractivity contribution in [3.05, 3.63) is 64.2 Å². The van der Waals surface area contributed by atoms with Gasteiger partial charge in [-0.1, -0.05) is 41.9 Å². The molecule has 0 amide bonds. The van der Waals surface area contributed by atoms with Gasteiger partial charge in [-0.15, -0.1) is 0 Å². The zero-order valence-corrected chi connectivity index (χ0v) is 10.7. The lowest BCUT2D eigenvalue weighted by molar-refractivity contribution is 1.39. The van der Waals surface area contributed by atoms with Gasteiger partial charge in [0.25, 0.3) is 0 Å². The van der Waals surface area contributed by atoms with Gasteiger partial charge in [-0.2, -0.15) is 0 Å². The summed E-state index contributed by atoms with van der Waals surface area (Å²) in [5, 5.41) is 0.715. The van der Waals surface area contributed by atoms with Crippen LogP contribution in [0.4, 0.5) is 5.69 Å². The van der Waals surface area contributed by atoms with Crippen LogP contribution in [0.3, 0.4) is 0 Å². The normalized spacial score (nSPS) is 11.0. The zero-order chi connectivity index (χ0) is 12.3. The number of aryl methyl sites for hydroxylation is 2. The lowest BCUT2D eigenvalue weighted by Gasteiger charge is -2.01. The van der Waals surface area contributed by atoms with Crippen molar-refractivity contribution in [1.82, 2.24) is 0 Å². The lowest BCUT2D eigenvalue weighted by Crippen LogP contribution is -1.85. The summed E-state index contributed by atoms with van der Waals surface area (Å²) in [6.07, 6.45) is 1.88. The quantitative estimate of drug-likeness (QED) is 0.678. The Morgan fingerprint density at radius 2 is 1.76 bits per heavy atom. The molecule has 0 aliphatic carbocycles. The van der Waals surface area contributed by atoms with Crippen molar-refractivity contribution in [2.75, 3.05) is 0 Å². The second kappa shape index (κ2) is 5.15. The highest BCUT2D eigenvalue weighted by Crippen LogP contribution is 2.23. The molecule has 0 bridgehead atoms. The summed E-state index contributed by atoms with van der Waals surface area (Å²) in [4.78, 5) is 4.49. The first kappa shape index (κ1) is 11.9. The summed E-state index contributed by atoms with van der Waals surface area (Å²) < 4.78 is 0. The minimum Gasteiger partial charge on any atom is -0.256 e. The maximum atomic E-state index is 5.96. The summed E-state index contributed by atoms with van der Waals surface area (Å²) in [7, 11) is 0. The van der Waals surface area contributed by atoms with Gasteiger partial charge in [0.05, 0.1) is 5.69 Å². The van der Waals surface area contributed by atoms with Crippen LogP contribution in [-0.4, -0.2) is 6.21 Å². The van der Waals surface area contributed by atoms with Crippen LogP contribution in [0.2, 0.25) is 5.02 Å². The van der Waals surface area contributed by atoms with Crippen LogP contribution in [0.15, 0.2) is 47.5 Å². The standard InChI is InChI=1S/C15H14ClN/c1-11-5-3-4-6-13(11)10-17-15-9-14(16)8-7-12(15)2/h3-10H,1-2H3. The molecule has 0 saturated carbocycles. The summed E-state index contributed by atoms with van der Waals surface area (Å²) in [5.74, 6) is 0. The van der Waals surface area contributed by atoms with Crippen LogP contribution in [-0.2, 0) is 0 Å². The summed E-state index contributed by atoms with van der Waals surface area (Å²) in [6, 6.07) is 13.9. The highest BCUT2D eigenvalue weighted by atomic mass is 35.5. The van der Waals surface area contributed by atoms with E-state index in [2.05, 4.69) is 24.0 Å². The van der Waals surface area contributed by atoms with E-state index in [-0.39, 0.29) is 0 Å². The van der Waals surface area contributed by atoms with Gasteiger partial charge in [-0.25, -0.2) is 0 Å². The van der Waals surface area contributed by atoms with Crippen LogP contribution >= 0.6 is 11.6 Å². The van der Waals surface area contributed by atoms with Crippen LogP contribution in [0.25, 0.3) is 0 Å². The minimum absolute atomic E-state index is 0.715. The van der Waals surface area contributed by atoms with Crippen molar-refractivity contribution < 1.29 is 0 Å². The van der Waals surface area contributed by atoms with Crippen molar-refractivity contribution in [3.8, 4) is 0 Å². The van der Waals surface area contributed by atoms with Crippen LogP contribution in [0.5, 0.6) is 0 Å². The van der Waals surface area contributed by atoms with Gasteiger partial charge in [0, 0.05) is 11.2 Å². The summed E-state index contributed by atoms with van der Waals surface area (Å²) >= 11 is 5.96. The van der Waals surface area contributed by atoms with Crippen molar-refractivity contribution >= 4 is 23.5 Å². The summed E-state index contributed by atoms with van der Waals surface area (Å²) in [6.45, 7) is 4.10. The maximum absolute atomic E-state index is 5.96. The number of benzene rings is 2. The Morgan fingerprint density at radius 1 is 1.00 bits per heavy atom. The van der Waals surface area contributed by atoms with E-state index >= 15 is 0 Å². The van der Waals surface area contributed by atoms with Gasteiger partial charge in [0.2, 0.25) is 0 Å². The monoisotopic (exact) mass is 243 g/mol.